The van der Waals surface area contributed by atoms with Gasteiger partial charge in [0.05, 0.1) is 28.6 Å². The average molecular weight is 563 g/mol. The SMILES string of the molecule is Cn1cc(S(=O)(=O)CCCOc2ccc3c(c2)C(Cc2ccc(Cl)c(Cl)c2)C(N2CCCC2)CC3)cn1. The molecule has 2 atom stereocenters. The molecule has 37 heavy (non-hydrogen) atoms. The molecule has 198 valence electrons. The van der Waals surface area contributed by atoms with E-state index >= 15 is 0 Å². The van der Waals surface area contributed by atoms with Gasteiger partial charge in [-0.15, -0.1) is 0 Å². The van der Waals surface area contributed by atoms with Crippen molar-refractivity contribution in [3.8, 4) is 5.75 Å². The number of aromatic nitrogens is 2. The van der Waals surface area contributed by atoms with Gasteiger partial charge in [0.25, 0.3) is 0 Å². The zero-order chi connectivity index (χ0) is 26.0. The molecular weight excluding hydrogens is 529 g/mol. The molecule has 2 aromatic carbocycles. The summed E-state index contributed by atoms with van der Waals surface area (Å²) in [5, 5.41) is 5.13. The summed E-state index contributed by atoms with van der Waals surface area (Å²) < 4.78 is 32.6. The summed E-state index contributed by atoms with van der Waals surface area (Å²) in [6.45, 7) is 2.64. The molecule has 0 amide bonds. The number of nitrogens with zero attached hydrogens (tertiary/aromatic N) is 3. The predicted octanol–water partition coefficient (Wildman–Crippen LogP) is 5.71. The number of likely N-dealkylation sites (tertiary alicyclic amines) is 1. The van der Waals surface area contributed by atoms with Crippen LogP contribution in [0.1, 0.15) is 48.3 Å². The van der Waals surface area contributed by atoms with Crippen molar-refractivity contribution in [2.45, 2.75) is 55.4 Å². The van der Waals surface area contributed by atoms with Gasteiger partial charge >= 0.3 is 0 Å². The summed E-state index contributed by atoms with van der Waals surface area (Å²) in [6.07, 6.45) is 8.94. The van der Waals surface area contributed by atoms with Crippen molar-refractivity contribution < 1.29 is 13.2 Å². The molecule has 0 bridgehead atoms. The minimum atomic E-state index is -3.36. The number of fused-ring (bicyclic) bond motifs is 1. The van der Waals surface area contributed by atoms with Crippen molar-refractivity contribution >= 4 is 33.0 Å². The Labute approximate surface area is 229 Å². The minimum absolute atomic E-state index is 0.0284. The summed E-state index contributed by atoms with van der Waals surface area (Å²) in [7, 11) is -1.65. The molecule has 2 aliphatic rings. The highest BCUT2D eigenvalue weighted by Crippen LogP contribution is 2.40. The van der Waals surface area contributed by atoms with Crippen LogP contribution in [0.5, 0.6) is 5.75 Å². The highest BCUT2D eigenvalue weighted by molar-refractivity contribution is 7.91. The Hall–Kier alpha value is -2.06. The normalized spacial score (nSPS) is 20.2. The lowest BCUT2D eigenvalue weighted by atomic mass is 9.75. The van der Waals surface area contributed by atoms with E-state index in [-0.39, 0.29) is 10.6 Å². The van der Waals surface area contributed by atoms with E-state index in [1.165, 1.54) is 46.6 Å². The largest absolute Gasteiger partial charge is 0.494 e. The molecular formula is C28H33Cl2N3O3S. The number of aryl methyl sites for hydroxylation is 2. The molecule has 6 nitrogen and oxygen atoms in total. The van der Waals surface area contributed by atoms with Crippen molar-refractivity contribution in [3.05, 3.63) is 75.5 Å². The monoisotopic (exact) mass is 561 g/mol. The Morgan fingerprint density at radius 1 is 1.08 bits per heavy atom. The van der Waals surface area contributed by atoms with Gasteiger partial charge in [-0.3, -0.25) is 9.58 Å². The first-order chi connectivity index (χ1) is 17.8. The van der Waals surface area contributed by atoms with E-state index in [1.807, 2.05) is 18.2 Å². The van der Waals surface area contributed by atoms with Crippen molar-refractivity contribution in [1.29, 1.82) is 0 Å². The lowest BCUT2D eigenvalue weighted by Gasteiger charge is -2.39. The van der Waals surface area contributed by atoms with E-state index in [0.717, 1.165) is 38.1 Å². The predicted molar refractivity (Wildman–Crippen MR) is 148 cm³/mol. The number of halogens is 2. The molecule has 0 radical (unpaired) electrons. The molecule has 3 aromatic rings. The van der Waals surface area contributed by atoms with Crippen LogP contribution in [0.3, 0.4) is 0 Å². The Morgan fingerprint density at radius 2 is 1.89 bits per heavy atom. The maximum atomic E-state index is 12.5. The maximum Gasteiger partial charge on any atom is 0.181 e. The van der Waals surface area contributed by atoms with Crippen LogP contribution >= 0.6 is 23.2 Å². The minimum Gasteiger partial charge on any atom is -0.494 e. The van der Waals surface area contributed by atoms with Gasteiger partial charge in [0.2, 0.25) is 0 Å². The van der Waals surface area contributed by atoms with Crippen LogP contribution in [0.15, 0.2) is 53.7 Å². The Balaban J connectivity index is 1.31. The van der Waals surface area contributed by atoms with Gasteiger partial charge in [0.1, 0.15) is 10.6 Å². The second-order valence-electron chi connectivity index (χ2n) is 10.1. The van der Waals surface area contributed by atoms with Crippen LogP contribution in [-0.2, 0) is 29.7 Å². The van der Waals surface area contributed by atoms with Crippen molar-refractivity contribution in [2.75, 3.05) is 25.4 Å². The number of hydrogen-bond donors (Lipinski definition) is 0. The summed E-state index contributed by atoms with van der Waals surface area (Å²) in [5.74, 6) is 1.15. The molecule has 2 heterocycles. The summed E-state index contributed by atoms with van der Waals surface area (Å²) in [5.41, 5.74) is 3.88. The first-order valence-corrected chi connectivity index (χ1v) is 15.4. The third-order valence-corrected chi connectivity index (χ3v) is 10.1. The lowest BCUT2D eigenvalue weighted by molar-refractivity contribution is 0.188. The molecule has 1 aliphatic heterocycles. The molecule has 2 unspecified atom stereocenters. The lowest BCUT2D eigenvalue weighted by Crippen LogP contribution is -2.41. The van der Waals surface area contributed by atoms with Gasteiger partial charge < -0.3 is 4.74 Å². The van der Waals surface area contributed by atoms with Gasteiger partial charge in [-0.05, 0) is 92.6 Å². The smallest absolute Gasteiger partial charge is 0.181 e. The van der Waals surface area contributed by atoms with Gasteiger partial charge in [0.15, 0.2) is 9.84 Å². The molecule has 5 rings (SSSR count). The molecule has 0 spiro atoms. The molecule has 1 aromatic heterocycles. The van der Waals surface area contributed by atoms with Gasteiger partial charge in [0, 0.05) is 25.2 Å². The molecule has 1 fully saturated rings. The summed E-state index contributed by atoms with van der Waals surface area (Å²) in [6, 6.07) is 12.8. The maximum absolute atomic E-state index is 12.5. The number of sulfone groups is 1. The van der Waals surface area contributed by atoms with Crippen LogP contribution in [0, 0.1) is 0 Å². The fraction of sp³-hybridized carbons (Fsp3) is 0.464. The Morgan fingerprint density at radius 3 is 2.62 bits per heavy atom. The second kappa shape index (κ2) is 11.4. The van der Waals surface area contributed by atoms with Gasteiger partial charge in [-0.25, -0.2) is 8.42 Å². The number of hydrogen-bond acceptors (Lipinski definition) is 5. The Bertz CT molecular complexity index is 1350. The molecule has 0 N–H and O–H groups in total. The standard InChI is InChI=1S/C28H33Cl2N3O3S/c1-32-19-23(18-31-32)37(34,35)14-4-13-36-22-8-6-21-7-10-28(33-11-2-3-12-33)25(24(21)17-22)15-20-5-9-26(29)27(30)16-20/h5-6,8-9,16-19,25,28H,2-4,7,10-15H2,1H3. The van der Waals surface area contributed by atoms with Gasteiger partial charge in [-0.2, -0.15) is 5.10 Å². The van der Waals surface area contributed by atoms with Crippen molar-refractivity contribution in [2.24, 2.45) is 7.05 Å². The average Bonchev–Trinajstić information content (AvgIpc) is 3.57. The van der Waals surface area contributed by atoms with E-state index in [0.29, 0.717) is 35.0 Å². The fourth-order valence-corrected chi connectivity index (χ4v) is 7.32. The quantitative estimate of drug-likeness (QED) is 0.313. The van der Waals surface area contributed by atoms with E-state index in [1.54, 1.807) is 7.05 Å². The van der Waals surface area contributed by atoms with Crippen molar-refractivity contribution in [3.63, 3.8) is 0 Å². The summed E-state index contributed by atoms with van der Waals surface area (Å²) in [4.78, 5) is 2.91. The number of rotatable bonds is 9. The summed E-state index contributed by atoms with van der Waals surface area (Å²) >= 11 is 12.5. The third-order valence-electron chi connectivity index (χ3n) is 7.61. The topological polar surface area (TPSA) is 64.4 Å². The van der Waals surface area contributed by atoms with E-state index in [4.69, 9.17) is 27.9 Å². The van der Waals surface area contributed by atoms with Crippen LogP contribution in [-0.4, -0.2) is 54.6 Å². The van der Waals surface area contributed by atoms with E-state index in [9.17, 15) is 8.42 Å². The highest BCUT2D eigenvalue weighted by Gasteiger charge is 2.35. The van der Waals surface area contributed by atoms with Crippen LogP contribution < -0.4 is 4.74 Å². The fourth-order valence-electron chi connectivity index (χ4n) is 5.74. The van der Waals surface area contributed by atoms with Crippen LogP contribution in [0.25, 0.3) is 0 Å². The number of ether oxygens (including phenoxy) is 1. The van der Waals surface area contributed by atoms with Crippen molar-refractivity contribution in [1.82, 2.24) is 14.7 Å². The van der Waals surface area contributed by atoms with E-state index < -0.39 is 9.84 Å². The third kappa shape index (κ3) is 6.17. The van der Waals surface area contributed by atoms with E-state index in [2.05, 4.69) is 28.2 Å². The first kappa shape index (κ1) is 26.5. The van der Waals surface area contributed by atoms with Crippen LogP contribution in [0.2, 0.25) is 10.0 Å². The highest BCUT2D eigenvalue weighted by atomic mass is 35.5. The molecule has 0 saturated carbocycles. The number of benzene rings is 2. The zero-order valence-electron chi connectivity index (χ0n) is 21.1. The Kier molecular flexibility index (Phi) is 8.15. The van der Waals surface area contributed by atoms with Gasteiger partial charge in [-0.1, -0.05) is 35.3 Å². The first-order valence-electron chi connectivity index (χ1n) is 13.0. The second-order valence-corrected chi connectivity index (χ2v) is 13.1. The zero-order valence-corrected chi connectivity index (χ0v) is 23.4. The molecule has 1 aliphatic carbocycles. The molecule has 9 heteroatoms. The molecule has 1 saturated heterocycles. The van der Waals surface area contributed by atoms with Crippen LogP contribution in [0.4, 0.5) is 0 Å².